The molecule has 2 aliphatic rings. The van der Waals surface area contributed by atoms with Crippen molar-refractivity contribution in [3.63, 3.8) is 0 Å². The summed E-state index contributed by atoms with van der Waals surface area (Å²) < 4.78 is 0. The molecule has 0 spiro atoms. The number of amides is 2. The van der Waals surface area contributed by atoms with Gasteiger partial charge in [0.25, 0.3) is 5.91 Å². The highest BCUT2D eigenvalue weighted by Gasteiger charge is 2.39. The average molecular weight is 378 g/mol. The molecule has 2 amide bonds. The van der Waals surface area contributed by atoms with Gasteiger partial charge in [-0.3, -0.25) is 14.4 Å². The molecule has 0 radical (unpaired) electrons. The SMILES string of the molecule is CC1CC1C(=O)Nc1cccc(C(=O)N2Cc3ccccc3C(C(=O)O)C2)c1. The van der Waals surface area contributed by atoms with Crippen LogP contribution in [0.5, 0.6) is 0 Å². The van der Waals surface area contributed by atoms with Crippen molar-refractivity contribution in [1.82, 2.24) is 4.90 Å². The summed E-state index contributed by atoms with van der Waals surface area (Å²) in [6.07, 6.45) is 0.897. The fourth-order valence-electron chi connectivity index (χ4n) is 3.81. The number of hydrogen-bond donors (Lipinski definition) is 2. The third-order valence-corrected chi connectivity index (χ3v) is 5.60. The van der Waals surface area contributed by atoms with E-state index >= 15 is 0 Å². The Morgan fingerprint density at radius 1 is 1.11 bits per heavy atom. The van der Waals surface area contributed by atoms with Crippen LogP contribution in [-0.4, -0.2) is 34.3 Å². The number of hydrogen-bond acceptors (Lipinski definition) is 3. The van der Waals surface area contributed by atoms with Gasteiger partial charge in [0.05, 0.1) is 5.92 Å². The van der Waals surface area contributed by atoms with Crippen LogP contribution in [0.25, 0.3) is 0 Å². The molecule has 0 saturated heterocycles. The standard InChI is InChI=1S/C22H22N2O4/c1-13-9-18(13)20(25)23-16-7-4-6-14(10-16)21(26)24-11-15-5-2-3-8-17(15)19(12-24)22(27)28/h2-8,10,13,18-19H,9,11-12H2,1H3,(H,23,25)(H,27,28). The van der Waals surface area contributed by atoms with Crippen LogP contribution < -0.4 is 5.32 Å². The normalized spacial score (nSPS) is 22.9. The molecule has 6 nitrogen and oxygen atoms in total. The van der Waals surface area contributed by atoms with Crippen LogP contribution in [0.4, 0.5) is 5.69 Å². The smallest absolute Gasteiger partial charge is 0.312 e. The molecule has 2 aromatic carbocycles. The molecule has 3 unspecified atom stereocenters. The maximum atomic E-state index is 13.0. The number of nitrogens with zero attached hydrogens (tertiary/aromatic N) is 1. The van der Waals surface area contributed by atoms with E-state index < -0.39 is 11.9 Å². The van der Waals surface area contributed by atoms with Gasteiger partial charge in [0.15, 0.2) is 0 Å². The number of benzene rings is 2. The highest BCUT2D eigenvalue weighted by Crippen LogP contribution is 2.38. The summed E-state index contributed by atoms with van der Waals surface area (Å²) in [7, 11) is 0. The molecule has 3 atom stereocenters. The summed E-state index contributed by atoms with van der Waals surface area (Å²) in [6.45, 7) is 2.54. The Kier molecular flexibility index (Phi) is 4.63. The topological polar surface area (TPSA) is 86.7 Å². The quantitative estimate of drug-likeness (QED) is 0.856. The Morgan fingerprint density at radius 3 is 2.57 bits per heavy atom. The van der Waals surface area contributed by atoms with Crippen molar-refractivity contribution in [2.75, 3.05) is 11.9 Å². The number of aliphatic carboxylic acids is 1. The molecule has 2 N–H and O–H groups in total. The fourth-order valence-corrected chi connectivity index (χ4v) is 3.81. The monoisotopic (exact) mass is 378 g/mol. The summed E-state index contributed by atoms with van der Waals surface area (Å²) in [4.78, 5) is 38.5. The van der Waals surface area contributed by atoms with Crippen LogP contribution in [0.2, 0.25) is 0 Å². The first-order valence-corrected chi connectivity index (χ1v) is 9.45. The van der Waals surface area contributed by atoms with Gasteiger partial charge in [-0.2, -0.15) is 0 Å². The summed E-state index contributed by atoms with van der Waals surface area (Å²) in [5, 5.41) is 12.5. The molecule has 6 heteroatoms. The van der Waals surface area contributed by atoms with Gasteiger partial charge in [-0.25, -0.2) is 0 Å². The first kappa shape index (κ1) is 18.2. The van der Waals surface area contributed by atoms with Crippen molar-refractivity contribution in [2.45, 2.75) is 25.8 Å². The molecule has 1 aliphatic heterocycles. The largest absolute Gasteiger partial charge is 0.481 e. The van der Waals surface area contributed by atoms with E-state index in [-0.39, 0.29) is 24.3 Å². The number of nitrogens with one attached hydrogen (secondary N) is 1. The number of fused-ring (bicyclic) bond motifs is 1. The summed E-state index contributed by atoms with van der Waals surface area (Å²) in [5.41, 5.74) is 2.63. The Bertz CT molecular complexity index is 955. The van der Waals surface area contributed by atoms with Gasteiger partial charge in [-0.05, 0) is 41.7 Å². The molecule has 1 fully saturated rings. The van der Waals surface area contributed by atoms with E-state index in [9.17, 15) is 19.5 Å². The number of carbonyl (C=O) groups excluding carboxylic acids is 2. The zero-order valence-electron chi connectivity index (χ0n) is 15.6. The molecule has 0 bridgehead atoms. The lowest BCUT2D eigenvalue weighted by atomic mass is 9.89. The molecule has 1 aliphatic carbocycles. The van der Waals surface area contributed by atoms with E-state index in [1.54, 1.807) is 29.2 Å². The zero-order chi connectivity index (χ0) is 19.8. The van der Waals surface area contributed by atoms with Gasteiger partial charge in [0.2, 0.25) is 5.91 Å². The molecule has 2 aromatic rings. The Balaban J connectivity index is 1.54. The Morgan fingerprint density at radius 2 is 1.86 bits per heavy atom. The molecule has 1 saturated carbocycles. The van der Waals surface area contributed by atoms with Crippen molar-refractivity contribution < 1.29 is 19.5 Å². The van der Waals surface area contributed by atoms with E-state index in [1.807, 2.05) is 31.2 Å². The summed E-state index contributed by atoms with van der Waals surface area (Å²) >= 11 is 0. The zero-order valence-corrected chi connectivity index (χ0v) is 15.6. The molecule has 4 rings (SSSR count). The lowest BCUT2D eigenvalue weighted by Crippen LogP contribution is -2.40. The number of rotatable bonds is 4. The molecule has 28 heavy (non-hydrogen) atoms. The Labute approximate surface area is 163 Å². The first-order valence-electron chi connectivity index (χ1n) is 9.45. The third kappa shape index (κ3) is 3.50. The van der Waals surface area contributed by atoms with Gasteiger partial charge in [-0.15, -0.1) is 0 Å². The first-order chi connectivity index (χ1) is 13.4. The van der Waals surface area contributed by atoms with Crippen molar-refractivity contribution in [1.29, 1.82) is 0 Å². The van der Waals surface area contributed by atoms with Gasteiger partial charge in [-0.1, -0.05) is 37.3 Å². The second-order valence-corrected chi connectivity index (χ2v) is 7.66. The summed E-state index contributed by atoms with van der Waals surface area (Å²) in [5.74, 6) is -1.48. The minimum absolute atomic E-state index is 0.0186. The second kappa shape index (κ2) is 7.11. The van der Waals surface area contributed by atoms with Gasteiger partial charge >= 0.3 is 5.97 Å². The van der Waals surface area contributed by atoms with E-state index in [4.69, 9.17) is 0 Å². The van der Waals surface area contributed by atoms with Crippen LogP contribution in [-0.2, 0) is 16.1 Å². The summed E-state index contributed by atoms with van der Waals surface area (Å²) in [6, 6.07) is 14.2. The van der Waals surface area contributed by atoms with Crippen molar-refractivity contribution >= 4 is 23.5 Å². The van der Waals surface area contributed by atoms with Gasteiger partial charge < -0.3 is 15.3 Å². The minimum atomic E-state index is -0.940. The maximum absolute atomic E-state index is 13.0. The van der Waals surface area contributed by atoms with Crippen LogP contribution in [0.3, 0.4) is 0 Å². The molecule has 0 aromatic heterocycles. The molecule has 1 heterocycles. The average Bonchev–Trinajstić information content (AvgIpc) is 3.43. The van der Waals surface area contributed by atoms with E-state index in [0.29, 0.717) is 23.7 Å². The molecular formula is C22H22N2O4. The van der Waals surface area contributed by atoms with Crippen molar-refractivity contribution in [3.05, 3.63) is 65.2 Å². The predicted molar refractivity (Wildman–Crippen MR) is 104 cm³/mol. The lowest BCUT2D eigenvalue weighted by molar-refractivity contribution is -0.139. The van der Waals surface area contributed by atoms with Gasteiger partial charge in [0, 0.05) is 30.3 Å². The molecule has 144 valence electrons. The fraction of sp³-hybridized carbons (Fsp3) is 0.318. The number of carboxylic acid groups (broad SMARTS) is 1. The predicted octanol–water partition coefficient (Wildman–Crippen LogP) is 3.11. The van der Waals surface area contributed by atoms with Crippen LogP contribution >= 0.6 is 0 Å². The van der Waals surface area contributed by atoms with E-state index in [1.165, 1.54) is 0 Å². The Hall–Kier alpha value is -3.15. The van der Waals surface area contributed by atoms with Gasteiger partial charge in [0.1, 0.15) is 0 Å². The second-order valence-electron chi connectivity index (χ2n) is 7.66. The number of carboxylic acids is 1. The van der Waals surface area contributed by atoms with E-state index in [2.05, 4.69) is 5.32 Å². The highest BCUT2D eigenvalue weighted by molar-refractivity contribution is 5.98. The van der Waals surface area contributed by atoms with Crippen LogP contribution in [0.1, 0.15) is 40.7 Å². The highest BCUT2D eigenvalue weighted by atomic mass is 16.4. The number of carbonyl (C=O) groups is 3. The van der Waals surface area contributed by atoms with Crippen LogP contribution in [0.15, 0.2) is 48.5 Å². The van der Waals surface area contributed by atoms with E-state index in [0.717, 1.165) is 17.5 Å². The maximum Gasteiger partial charge on any atom is 0.312 e. The third-order valence-electron chi connectivity index (χ3n) is 5.60. The lowest BCUT2D eigenvalue weighted by Gasteiger charge is -2.33. The van der Waals surface area contributed by atoms with Crippen molar-refractivity contribution in [3.8, 4) is 0 Å². The van der Waals surface area contributed by atoms with Crippen molar-refractivity contribution in [2.24, 2.45) is 11.8 Å². The minimum Gasteiger partial charge on any atom is -0.481 e. The number of anilines is 1. The molecular weight excluding hydrogens is 356 g/mol. The van der Waals surface area contributed by atoms with Crippen LogP contribution in [0, 0.1) is 11.8 Å².